The van der Waals surface area contributed by atoms with E-state index in [2.05, 4.69) is 19.2 Å². The molecular weight excluding hydrogens is 202 g/mol. The van der Waals surface area contributed by atoms with Gasteiger partial charge < -0.3 is 14.8 Å². The van der Waals surface area contributed by atoms with Crippen LogP contribution in [-0.4, -0.2) is 40.0 Å². The first-order valence-electron chi connectivity index (χ1n) is 6.62. The minimum Gasteiger partial charge on any atom is -0.385 e. The molecule has 0 aliphatic heterocycles. The van der Waals surface area contributed by atoms with Crippen LogP contribution in [0.25, 0.3) is 0 Å². The predicted molar refractivity (Wildman–Crippen MR) is 68.9 cm³/mol. The smallest absolute Gasteiger partial charge is 0.0487 e. The van der Waals surface area contributed by atoms with Crippen molar-refractivity contribution in [3.05, 3.63) is 0 Å². The fourth-order valence-electron chi connectivity index (χ4n) is 1.59. The van der Waals surface area contributed by atoms with Crippen molar-refractivity contribution in [2.45, 2.75) is 39.5 Å². The Morgan fingerprint density at radius 1 is 1.12 bits per heavy atom. The van der Waals surface area contributed by atoms with Crippen LogP contribution in [0.2, 0.25) is 0 Å². The molecule has 0 aromatic carbocycles. The molecule has 0 aliphatic carbocycles. The molecule has 0 fully saturated rings. The van der Waals surface area contributed by atoms with Gasteiger partial charge in [0.15, 0.2) is 0 Å². The van der Waals surface area contributed by atoms with Crippen LogP contribution in [-0.2, 0) is 9.47 Å². The fraction of sp³-hybridized carbons (Fsp3) is 1.00. The summed E-state index contributed by atoms with van der Waals surface area (Å²) < 4.78 is 10.5. The lowest BCUT2D eigenvalue weighted by molar-refractivity contribution is 0.0932. The van der Waals surface area contributed by atoms with Crippen LogP contribution >= 0.6 is 0 Å². The lowest BCUT2D eigenvalue weighted by Crippen LogP contribution is -2.24. The van der Waals surface area contributed by atoms with Gasteiger partial charge in [0.1, 0.15) is 0 Å². The summed E-state index contributed by atoms with van der Waals surface area (Å²) >= 11 is 0. The zero-order chi connectivity index (χ0) is 12.1. The van der Waals surface area contributed by atoms with Crippen LogP contribution in [0.15, 0.2) is 0 Å². The average molecular weight is 231 g/mol. The van der Waals surface area contributed by atoms with E-state index in [9.17, 15) is 0 Å². The summed E-state index contributed by atoms with van der Waals surface area (Å²) in [6, 6.07) is 0. The van der Waals surface area contributed by atoms with Crippen LogP contribution in [0.1, 0.15) is 39.5 Å². The highest BCUT2D eigenvalue weighted by atomic mass is 16.5. The third kappa shape index (κ3) is 10.4. The SMILES string of the molecule is CCCNCC(CC)CCOCCCOC. The quantitative estimate of drug-likeness (QED) is 0.523. The molecule has 0 saturated carbocycles. The van der Waals surface area contributed by atoms with E-state index < -0.39 is 0 Å². The standard InChI is InChI=1S/C13H29NO2/c1-4-8-14-12-13(5-2)7-11-16-10-6-9-15-3/h13-14H,4-12H2,1-3H3. The van der Waals surface area contributed by atoms with E-state index in [4.69, 9.17) is 9.47 Å². The highest BCUT2D eigenvalue weighted by Crippen LogP contribution is 2.06. The van der Waals surface area contributed by atoms with Gasteiger partial charge in [0.25, 0.3) is 0 Å². The van der Waals surface area contributed by atoms with Gasteiger partial charge in [0.2, 0.25) is 0 Å². The van der Waals surface area contributed by atoms with Crippen molar-refractivity contribution in [2.75, 3.05) is 40.0 Å². The Morgan fingerprint density at radius 3 is 2.56 bits per heavy atom. The first-order chi connectivity index (χ1) is 7.85. The highest BCUT2D eigenvalue weighted by Gasteiger charge is 2.05. The summed E-state index contributed by atoms with van der Waals surface area (Å²) in [4.78, 5) is 0. The molecule has 0 aromatic rings. The molecule has 0 radical (unpaired) electrons. The van der Waals surface area contributed by atoms with Crippen molar-refractivity contribution in [3.8, 4) is 0 Å². The summed E-state index contributed by atoms with van der Waals surface area (Å²) in [5.41, 5.74) is 0. The zero-order valence-electron chi connectivity index (χ0n) is 11.3. The van der Waals surface area contributed by atoms with Gasteiger partial charge in [-0.3, -0.25) is 0 Å². The van der Waals surface area contributed by atoms with E-state index >= 15 is 0 Å². The number of hydrogen-bond donors (Lipinski definition) is 1. The summed E-state index contributed by atoms with van der Waals surface area (Å²) in [5, 5.41) is 3.47. The molecule has 3 nitrogen and oxygen atoms in total. The minimum absolute atomic E-state index is 0.758. The van der Waals surface area contributed by atoms with Crippen molar-refractivity contribution in [2.24, 2.45) is 5.92 Å². The maximum absolute atomic E-state index is 5.57. The van der Waals surface area contributed by atoms with Crippen molar-refractivity contribution in [3.63, 3.8) is 0 Å². The lowest BCUT2D eigenvalue weighted by Gasteiger charge is -2.15. The van der Waals surface area contributed by atoms with Gasteiger partial charge in [-0.1, -0.05) is 20.3 Å². The Labute approximate surface area is 101 Å². The zero-order valence-corrected chi connectivity index (χ0v) is 11.3. The van der Waals surface area contributed by atoms with E-state index in [1.165, 1.54) is 19.3 Å². The number of rotatable bonds is 12. The molecule has 0 amide bonds. The Morgan fingerprint density at radius 2 is 1.94 bits per heavy atom. The van der Waals surface area contributed by atoms with Gasteiger partial charge in [-0.15, -0.1) is 0 Å². The van der Waals surface area contributed by atoms with E-state index in [1.807, 2.05) is 0 Å². The summed E-state index contributed by atoms with van der Waals surface area (Å²) in [7, 11) is 1.73. The molecule has 0 bridgehead atoms. The second-order valence-electron chi connectivity index (χ2n) is 4.23. The van der Waals surface area contributed by atoms with Gasteiger partial charge in [0, 0.05) is 26.9 Å². The molecule has 1 unspecified atom stereocenters. The summed E-state index contributed by atoms with van der Waals surface area (Å²) in [5.74, 6) is 0.758. The van der Waals surface area contributed by atoms with Crippen LogP contribution < -0.4 is 5.32 Å². The molecule has 0 aromatic heterocycles. The van der Waals surface area contributed by atoms with Gasteiger partial charge in [0.05, 0.1) is 0 Å². The first-order valence-corrected chi connectivity index (χ1v) is 6.62. The van der Waals surface area contributed by atoms with Crippen molar-refractivity contribution < 1.29 is 9.47 Å². The Balaban J connectivity index is 3.26. The largest absolute Gasteiger partial charge is 0.385 e. The van der Waals surface area contributed by atoms with Gasteiger partial charge >= 0.3 is 0 Å². The molecule has 0 rings (SSSR count). The predicted octanol–water partition coefficient (Wildman–Crippen LogP) is 2.46. The molecule has 3 heteroatoms. The monoisotopic (exact) mass is 231 g/mol. The normalized spacial score (nSPS) is 12.9. The molecule has 0 spiro atoms. The Hall–Kier alpha value is -0.120. The molecule has 1 atom stereocenters. The maximum atomic E-state index is 5.57. The summed E-state index contributed by atoms with van der Waals surface area (Å²) in [6.07, 6.45) is 4.61. The number of ether oxygens (including phenoxy) is 2. The van der Waals surface area contributed by atoms with E-state index in [1.54, 1.807) is 7.11 Å². The van der Waals surface area contributed by atoms with Crippen LogP contribution in [0.3, 0.4) is 0 Å². The maximum Gasteiger partial charge on any atom is 0.0487 e. The van der Waals surface area contributed by atoms with Crippen LogP contribution in [0.5, 0.6) is 0 Å². The van der Waals surface area contributed by atoms with Crippen LogP contribution in [0, 0.1) is 5.92 Å². The molecule has 0 heterocycles. The number of methoxy groups -OCH3 is 1. The third-order valence-corrected chi connectivity index (χ3v) is 2.74. The minimum atomic E-state index is 0.758. The second-order valence-corrected chi connectivity index (χ2v) is 4.23. The van der Waals surface area contributed by atoms with Gasteiger partial charge in [-0.2, -0.15) is 0 Å². The molecule has 0 aliphatic rings. The topological polar surface area (TPSA) is 30.5 Å². The Kier molecular flexibility index (Phi) is 12.9. The molecular formula is C13H29NO2. The van der Waals surface area contributed by atoms with Crippen molar-refractivity contribution in [1.82, 2.24) is 5.32 Å². The van der Waals surface area contributed by atoms with Crippen LogP contribution in [0.4, 0.5) is 0 Å². The van der Waals surface area contributed by atoms with Gasteiger partial charge in [-0.25, -0.2) is 0 Å². The Bertz CT molecular complexity index is 131. The summed E-state index contributed by atoms with van der Waals surface area (Å²) in [6.45, 7) is 9.23. The average Bonchev–Trinajstić information content (AvgIpc) is 2.31. The number of hydrogen-bond acceptors (Lipinski definition) is 3. The van der Waals surface area contributed by atoms with Crippen molar-refractivity contribution >= 4 is 0 Å². The molecule has 16 heavy (non-hydrogen) atoms. The van der Waals surface area contributed by atoms with E-state index in [0.717, 1.165) is 45.2 Å². The van der Waals surface area contributed by atoms with E-state index in [-0.39, 0.29) is 0 Å². The number of nitrogens with one attached hydrogen (secondary N) is 1. The highest BCUT2D eigenvalue weighted by molar-refractivity contribution is 4.60. The molecule has 0 saturated heterocycles. The first kappa shape index (κ1) is 15.9. The van der Waals surface area contributed by atoms with Gasteiger partial charge in [-0.05, 0) is 38.3 Å². The molecule has 1 N–H and O–H groups in total. The third-order valence-electron chi connectivity index (χ3n) is 2.74. The van der Waals surface area contributed by atoms with E-state index in [0.29, 0.717) is 0 Å². The second kappa shape index (κ2) is 12.9. The molecule has 98 valence electrons. The van der Waals surface area contributed by atoms with Crippen molar-refractivity contribution in [1.29, 1.82) is 0 Å². The fourth-order valence-corrected chi connectivity index (χ4v) is 1.59. The lowest BCUT2D eigenvalue weighted by atomic mass is 10.0.